The predicted octanol–water partition coefficient (Wildman–Crippen LogP) is 1.36. The van der Waals surface area contributed by atoms with Crippen molar-refractivity contribution in [3.05, 3.63) is 23.8 Å². The van der Waals surface area contributed by atoms with E-state index >= 15 is 0 Å². The molecule has 2 heteroatoms. The van der Waals surface area contributed by atoms with Gasteiger partial charge in [0.1, 0.15) is 5.60 Å². The lowest BCUT2D eigenvalue weighted by atomic mass is 9.77. The molecule has 2 aliphatic carbocycles. The van der Waals surface area contributed by atoms with Gasteiger partial charge in [0, 0.05) is 0 Å². The fourth-order valence-electron chi connectivity index (χ4n) is 1.91. The third-order valence-corrected chi connectivity index (χ3v) is 2.65. The number of aliphatic hydroxyl groups is 1. The summed E-state index contributed by atoms with van der Waals surface area (Å²) in [7, 11) is 0. The molecular formula is C10H12O2. The maximum atomic E-state index is 11.0. The monoisotopic (exact) mass is 164 g/mol. The van der Waals surface area contributed by atoms with Crippen LogP contribution < -0.4 is 0 Å². The van der Waals surface area contributed by atoms with Crippen molar-refractivity contribution < 1.29 is 9.90 Å². The zero-order valence-electron chi connectivity index (χ0n) is 6.92. The van der Waals surface area contributed by atoms with Crippen molar-refractivity contribution in [1.29, 1.82) is 0 Å². The van der Waals surface area contributed by atoms with Crippen molar-refractivity contribution >= 4 is 5.78 Å². The van der Waals surface area contributed by atoms with Crippen molar-refractivity contribution in [3.63, 3.8) is 0 Å². The normalized spacial score (nSPS) is 34.4. The number of ketones is 1. The highest BCUT2D eigenvalue weighted by atomic mass is 16.3. The van der Waals surface area contributed by atoms with E-state index in [1.54, 1.807) is 12.2 Å². The van der Waals surface area contributed by atoms with E-state index in [-0.39, 0.29) is 5.78 Å². The highest BCUT2D eigenvalue weighted by Gasteiger charge is 2.33. The van der Waals surface area contributed by atoms with Crippen molar-refractivity contribution in [1.82, 2.24) is 0 Å². The van der Waals surface area contributed by atoms with Gasteiger partial charge in [0.05, 0.1) is 0 Å². The van der Waals surface area contributed by atoms with Gasteiger partial charge in [0.2, 0.25) is 0 Å². The van der Waals surface area contributed by atoms with Gasteiger partial charge in [-0.15, -0.1) is 0 Å². The molecule has 2 nitrogen and oxygen atoms in total. The van der Waals surface area contributed by atoms with E-state index in [4.69, 9.17) is 0 Å². The Morgan fingerprint density at radius 2 is 2.25 bits per heavy atom. The molecule has 0 amide bonds. The predicted molar refractivity (Wildman–Crippen MR) is 45.6 cm³/mol. The summed E-state index contributed by atoms with van der Waals surface area (Å²) in [6, 6.07) is 0. The van der Waals surface area contributed by atoms with E-state index in [1.165, 1.54) is 6.08 Å². The summed E-state index contributed by atoms with van der Waals surface area (Å²) in [6.45, 7) is 0. The molecule has 0 spiro atoms. The molecular weight excluding hydrogens is 152 g/mol. The van der Waals surface area contributed by atoms with Crippen molar-refractivity contribution in [3.8, 4) is 0 Å². The van der Waals surface area contributed by atoms with E-state index in [0.29, 0.717) is 0 Å². The first-order valence-corrected chi connectivity index (χ1v) is 4.37. The van der Waals surface area contributed by atoms with Gasteiger partial charge < -0.3 is 5.11 Å². The van der Waals surface area contributed by atoms with Crippen molar-refractivity contribution in [2.45, 2.75) is 31.3 Å². The van der Waals surface area contributed by atoms with E-state index in [9.17, 15) is 9.90 Å². The zero-order valence-corrected chi connectivity index (χ0v) is 6.92. The van der Waals surface area contributed by atoms with Gasteiger partial charge in [-0.05, 0) is 49.5 Å². The molecule has 0 unspecified atom stereocenters. The quantitative estimate of drug-likeness (QED) is 0.587. The highest BCUT2D eigenvalue weighted by molar-refractivity contribution is 6.01. The third-order valence-electron chi connectivity index (χ3n) is 2.65. The summed E-state index contributed by atoms with van der Waals surface area (Å²) in [6.07, 6.45) is 8.47. The standard InChI is InChI=1S/C10H12O2/c11-9-4-6-10(12)5-2-1-3-8(10)7-9/h4,6-7,12H,1-3,5H2/t10-/m1/s1. The van der Waals surface area contributed by atoms with Gasteiger partial charge in [0.25, 0.3) is 0 Å². The van der Waals surface area contributed by atoms with Gasteiger partial charge >= 0.3 is 0 Å². The number of allylic oxidation sites excluding steroid dienone is 2. The maximum Gasteiger partial charge on any atom is 0.178 e. The summed E-state index contributed by atoms with van der Waals surface area (Å²) in [5, 5.41) is 10.0. The number of carbonyl (C=O) groups is 1. The van der Waals surface area contributed by atoms with Crippen LogP contribution in [0.1, 0.15) is 25.7 Å². The Kier molecular flexibility index (Phi) is 1.65. The lowest BCUT2D eigenvalue weighted by Crippen LogP contribution is -2.34. The summed E-state index contributed by atoms with van der Waals surface area (Å²) < 4.78 is 0. The maximum absolute atomic E-state index is 11.0. The second-order valence-corrected chi connectivity index (χ2v) is 3.54. The molecule has 0 aromatic heterocycles. The smallest absolute Gasteiger partial charge is 0.178 e. The molecule has 0 aromatic rings. The van der Waals surface area contributed by atoms with Crippen molar-refractivity contribution in [2.75, 3.05) is 0 Å². The van der Waals surface area contributed by atoms with Gasteiger partial charge in [-0.3, -0.25) is 4.79 Å². The fourth-order valence-corrected chi connectivity index (χ4v) is 1.91. The summed E-state index contributed by atoms with van der Waals surface area (Å²) >= 11 is 0. The molecule has 0 aromatic carbocycles. The molecule has 1 atom stereocenters. The van der Waals surface area contributed by atoms with Crippen LogP contribution in [0.3, 0.4) is 0 Å². The molecule has 0 radical (unpaired) electrons. The number of fused-ring (bicyclic) bond motifs is 1. The van der Waals surface area contributed by atoms with Gasteiger partial charge in [-0.2, -0.15) is 0 Å². The Balaban J connectivity index is 2.34. The SMILES string of the molecule is O=C1C=C[C@]2(O)CCCCC2=C1. The molecule has 64 valence electrons. The van der Waals surface area contributed by atoms with Gasteiger partial charge in [0.15, 0.2) is 5.78 Å². The minimum atomic E-state index is -0.786. The molecule has 0 bridgehead atoms. The summed E-state index contributed by atoms with van der Waals surface area (Å²) in [5.41, 5.74) is 0.118. The van der Waals surface area contributed by atoms with Crippen LogP contribution in [0.25, 0.3) is 0 Å². The number of carbonyl (C=O) groups excluding carboxylic acids is 1. The van der Waals surface area contributed by atoms with Gasteiger partial charge in [-0.1, -0.05) is 0 Å². The fraction of sp³-hybridized carbons (Fsp3) is 0.500. The molecule has 12 heavy (non-hydrogen) atoms. The number of hydrogen-bond donors (Lipinski definition) is 1. The third kappa shape index (κ3) is 1.12. The molecule has 2 rings (SSSR count). The Hall–Kier alpha value is -0.890. The number of rotatable bonds is 0. The second-order valence-electron chi connectivity index (χ2n) is 3.54. The molecule has 0 heterocycles. The van der Waals surface area contributed by atoms with Crippen LogP contribution in [0.15, 0.2) is 23.8 Å². The van der Waals surface area contributed by atoms with Crippen LogP contribution in [-0.4, -0.2) is 16.5 Å². The first-order valence-electron chi connectivity index (χ1n) is 4.37. The first-order chi connectivity index (χ1) is 5.71. The van der Waals surface area contributed by atoms with E-state index in [2.05, 4.69) is 0 Å². The average molecular weight is 164 g/mol. The Bertz CT molecular complexity index is 276. The first kappa shape index (κ1) is 7.74. The van der Waals surface area contributed by atoms with Crippen LogP contribution >= 0.6 is 0 Å². The van der Waals surface area contributed by atoms with Crippen molar-refractivity contribution in [2.24, 2.45) is 0 Å². The topological polar surface area (TPSA) is 37.3 Å². The molecule has 1 fully saturated rings. The number of hydrogen-bond acceptors (Lipinski definition) is 2. The molecule has 1 N–H and O–H groups in total. The summed E-state index contributed by atoms with van der Waals surface area (Å²) in [4.78, 5) is 11.0. The Labute approximate surface area is 71.6 Å². The van der Waals surface area contributed by atoms with Crippen LogP contribution in [0.4, 0.5) is 0 Å². The summed E-state index contributed by atoms with van der Waals surface area (Å²) in [5.74, 6) is 0.0107. The molecule has 1 saturated carbocycles. The lowest BCUT2D eigenvalue weighted by molar-refractivity contribution is -0.111. The van der Waals surface area contributed by atoms with Crippen LogP contribution in [0.2, 0.25) is 0 Å². The van der Waals surface area contributed by atoms with Crippen LogP contribution in [0.5, 0.6) is 0 Å². The van der Waals surface area contributed by atoms with E-state index in [0.717, 1.165) is 31.3 Å². The van der Waals surface area contributed by atoms with E-state index < -0.39 is 5.60 Å². The Morgan fingerprint density at radius 3 is 3.08 bits per heavy atom. The highest BCUT2D eigenvalue weighted by Crippen LogP contribution is 2.35. The second kappa shape index (κ2) is 2.56. The molecule has 0 aliphatic heterocycles. The minimum Gasteiger partial charge on any atom is -0.381 e. The lowest BCUT2D eigenvalue weighted by Gasteiger charge is -2.33. The van der Waals surface area contributed by atoms with Crippen LogP contribution in [-0.2, 0) is 4.79 Å². The average Bonchev–Trinajstić information content (AvgIpc) is 2.06. The molecule has 0 saturated heterocycles. The molecule has 2 aliphatic rings. The largest absolute Gasteiger partial charge is 0.381 e. The minimum absolute atomic E-state index is 0.0107. The Morgan fingerprint density at radius 1 is 1.42 bits per heavy atom. The van der Waals surface area contributed by atoms with E-state index in [1.807, 2.05) is 0 Å². The van der Waals surface area contributed by atoms with Gasteiger partial charge in [-0.25, -0.2) is 0 Å². The van der Waals surface area contributed by atoms with Crippen LogP contribution in [0, 0.1) is 0 Å². The zero-order chi connectivity index (χ0) is 8.60.